The topological polar surface area (TPSA) is 80.1 Å². The van der Waals surface area contributed by atoms with Gasteiger partial charge in [0.2, 0.25) is 11.8 Å². The number of aromatic nitrogens is 3. The summed E-state index contributed by atoms with van der Waals surface area (Å²) in [4.78, 5) is 29.2. The minimum Gasteiger partial charge on any atom is -0.351 e. The van der Waals surface area contributed by atoms with Gasteiger partial charge in [-0.15, -0.1) is 5.10 Å². The molecule has 2 aromatic heterocycles. The van der Waals surface area contributed by atoms with E-state index >= 15 is 0 Å². The maximum Gasteiger partial charge on any atom is 0.249 e. The number of fused-ring (bicyclic) bond motifs is 1. The highest BCUT2D eigenvalue weighted by Crippen LogP contribution is 2.31. The first-order valence-electron chi connectivity index (χ1n) is 11.6. The van der Waals surface area contributed by atoms with Crippen molar-refractivity contribution in [3.05, 3.63) is 76.5 Å². The van der Waals surface area contributed by atoms with E-state index in [1.54, 1.807) is 9.58 Å². The number of para-hydroxylation sites is 1. The molecule has 0 radical (unpaired) electrons. The first kappa shape index (κ1) is 22.3. The minimum atomic E-state index is -0.767. The highest BCUT2D eigenvalue weighted by atomic mass is 32.1. The summed E-state index contributed by atoms with van der Waals surface area (Å²) in [6.45, 7) is 1.98. The maximum atomic E-state index is 13.9. The average Bonchev–Trinajstić information content (AvgIpc) is 3.61. The maximum absolute atomic E-state index is 13.9. The number of thiophene rings is 1. The third-order valence-electron chi connectivity index (χ3n) is 6.35. The normalized spacial score (nSPS) is 14.9. The Morgan fingerprint density at radius 1 is 1.12 bits per heavy atom. The van der Waals surface area contributed by atoms with Crippen molar-refractivity contribution in [2.45, 2.75) is 51.2 Å². The summed E-state index contributed by atoms with van der Waals surface area (Å²) < 4.78 is 1.60. The Hall–Kier alpha value is -3.52. The van der Waals surface area contributed by atoms with Crippen LogP contribution < -0.4 is 10.2 Å². The van der Waals surface area contributed by atoms with Gasteiger partial charge in [0.25, 0.3) is 0 Å². The lowest BCUT2D eigenvalue weighted by Crippen LogP contribution is -2.47. The summed E-state index contributed by atoms with van der Waals surface area (Å²) in [6, 6.07) is 16.6. The zero-order valence-corrected chi connectivity index (χ0v) is 19.9. The van der Waals surface area contributed by atoms with E-state index in [0.717, 1.165) is 47.8 Å². The van der Waals surface area contributed by atoms with E-state index in [0.29, 0.717) is 5.69 Å². The molecule has 0 bridgehead atoms. The van der Waals surface area contributed by atoms with Gasteiger partial charge < -0.3 is 5.32 Å². The largest absolute Gasteiger partial charge is 0.351 e. The van der Waals surface area contributed by atoms with Gasteiger partial charge in [-0.05, 0) is 66.4 Å². The highest BCUT2D eigenvalue weighted by Gasteiger charge is 2.34. The van der Waals surface area contributed by atoms with Gasteiger partial charge in [0.05, 0.1) is 5.52 Å². The Balaban J connectivity index is 1.53. The van der Waals surface area contributed by atoms with Crippen LogP contribution in [0, 0.1) is 6.92 Å². The molecule has 0 spiro atoms. The molecule has 0 saturated heterocycles. The predicted molar refractivity (Wildman–Crippen MR) is 134 cm³/mol. The molecule has 2 aromatic carbocycles. The molecular weight excluding hydrogens is 446 g/mol. The Bertz CT molecular complexity index is 1280. The van der Waals surface area contributed by atoms with Crippen molar-refractivity contribution in [1.82, 2.24) is 20.3 Å². The number of amides is 2. The van der Waals surface area contributed by atoms with Crippen LogP contribution in [0.25, 0.3) is 11.0 Å². The van der Waals surface area contributed by atoms with Crippen LogP contribution in [0.4, 0.5) is 5.69 Å². The van der Waals surface area contributed by atoms with E-state index in [-0.39, 0.29) is 24.4 Å². The summed E-state index contributed by atoms with van der Waals surface area (Å²) in [5, 5.41) is 15.5. The van der Waals surface area contributed by atoms with E-state index in [2.05, 4.69) is 15.6 Å². The summed E-state index contributed by atoms with van der Waals surface area (Å²) in [7, 11) is 0. The van der Waals surface area contributed by atoms with E-state index < -0.39 is 6.04 Å². The molecule has 174 valence electrons. The molecule has 0 aliphatic heterocycles. The van der Waals surface area contributed by atoms with Crippen molar-refractivity contribution in [3.8, 4) is 0 Å². The zero-order chi connectivity index (χ0) is 23.5. The lowest BCUT2D eigenvalue weighted by Gasteiger charge is -2.32. The second-order valence-corrected chi connectivity index (χ2v) is 9.56. The molecule has 1 aliphatic carbocycles. The monoisotopic (exact) mass is 473 g/mol. The van der Waals surface area contributed by atoms with Crippen molar-refractivity contribution in [2.75, 3.05) is 4.90 Å². The highest BCUT2D eigenvalue weighted by molar-refractivity contribution is 7.08. The molecule has 34 heavy (non-hydrogen) atoms. The van der Waals surface area contributed by atoms with Crippen molar-refractivity contribution in [1.29, 1.82) is 0 Å². The Kier molecular flexibility index (Phi) is 6.40. The third-order valence-corrected chi connectivity index (χ3v) is 7.05. The Labute approximate surface area is 202 Å². The van der Waals surface area contributed by atoms with Gasteiger partial charge in [-0.1, -0.05) is 47.9 Å². The second-order valence-electron chi connectivity index (χ2n) is 8.78. The van der Waals surface area contributed by atoms with Gasteiger partial charge in [0.1, 0.15) is 18.1 Å². The van der Waals surface area contributed by atoms with Gasteiger partial charge in [0.15, 0.2) is 0 Å². The molecule has 1 N–H and O–H groups in total. The predicted octanol–water partition coefficient (Wildman–Crippen LogP) is 4.63. The second kappa shape index (κ2) is 9.77. The van der Waals surface area contributed by atoms with Gasteiger partial charge in [-0.3, -0.25) is 14.5 Å². The molecule has 1 saturated carbocycles. The number of benzene rings is 2. The smallest absolute Gasteiger partial charge is 0.249 e. The number of aryl methyl sites for hydroxylation is 1. The number of nitrogens with zero attached hydrogens (tertiary/aromatic N) is 4. The molecule has 2 amide bonds. The quantitative estimate of drug-likeness (QED) is 0.424. The molecule has 8 heteroatoms. The van der Waals surface area contributed by atoms with E-state index in [9.17, 15) is 9.59 Å². The van der Waals surface area contributed by atoms with Crippen LogP contribution in [-0.2, 0) is 16.1 Å². The molecule has 5 rings (SSSR count). The van der Waals surface area contributed by atoms with E-state index in [1.807, 2.05) is 72.3 Å². The molecule has 7 nitrogen and oxygen atoms in total. The van der Waals surface area contributed by atoms with Crippen LogP contribution in [-0.4, -0.2) is 32.9 Å². The van der Waals surface area contributed by atoms with Crippen LogP contribution in [0.2, 0.25) is 0 Å². The molecule has 0 unspecified atom stereocenters. The van der Waals surface area contributed by atoms with Gasteiger partial charge >= 0.3 is 0 Å². The lowest BCUT2D eigenvalue weighted by atomic mass is 10.0. The first-order valence-corrected chi connectivity index (χ1v) is 12.5. The number of hydrogen-bond acceptors (Lipinski definition) is 5. The van der Waals surface area contributed by atoms with Crippen LogP contribution in [0.5, 0.6) is 0 Å². The molecule has 4 aromatic rings. The SMILES string of the molecule is Cc1ccc(N(C(=O)Cn2nnc3ccccc32)[C@@H](C(=O)NC2CCCC2)c2ccsc2)cc1. The van der Waals surface area contributed by atoms with Crippen molar-refractivity contribution < 1.29 is 9.59 Å². The molecule has 1 fully saturated rings. The minimum absolute atomic E-state index is 0.0221. The summed E-state index contributed by atoms with van der Waals surface area (Å²) in [5.74, 6) is -0.375. The average molecular weight is 474 g/mol. The van der Waals surface area contributed by atoms with E-state index in [1.165, 1.54) is 11.3 Å². The molecular formula is C26H27N5O2S. The van der Waals surface area contributed by atoms with Crippen molar-refractivity contribution >= 4 is 39.9 Å². The number of rotatable bonds is 7. The number of carbonyl (C=O) groups is 2. The Morgan fingerprint density at radius 3 is 2.62 bits per heavy atom. The third kappa shape index (κ3) is 4.59. The van der Waals surface area contributed by atoms with Gasteiger partial charge in [-0.2, -0.15) is 11.3 Å². The van der Waals surface area contributed by atoms with Gasteiger partial charge in [-0.25, -0.2) is 4.68 Å². The van der Waals surface area contributed by atoms with Gasteiger partial charge in [0, 0.05) is 11.7 Å². The number of nitrogens with one attached hydrogen (secondary N) is 1. The summed E-state index contributed by atoms with van der Waals surface area (Å²) in [6.07, 6.45) is 4.19. The summed E-state index contributed by atoms with van der Waals surface area (Å²) >= 11 is 1.52. The number of carbonyl (C=O) groups excluding carboxylic acids is 2. The fraction of sp³-hybridized carbons (Fsp3) is 0.308. The van der Waals surface area contributed by atoms with Crippen LogP contribution in [0.3, 0.4) is 0 Å². The van der Waals surface area contributed by atoms with E-state index in [4.69, 9.17) is 0 Å². The Morgan fingerprint density at radius 2 is 1.88 bits per heavy atom. The molecule has 1 atom stereocenters. The standard InChI is InChI=1S/C26H27N5O2S/c1-18-10-12-21(13-11-18)31(24(32)16-30-23-9-5-4-8-22(23)28-29-30)25(19-14-15-34-17-19)26(33)27-20-6-2-3-7-20/h4-5,8-15,17,20,25H,2-3,6-7,16H2,1H3,(H,27,33)/t25-/m1/s1. The van der Waals surface area contributed by atoms with Crippen molar-refractivity contribution in [2.24, 2.45) is 0 Å². The molecule has 1 aliphatic rings. The van der Waals surface area contributed by atoms with Crippen LogP contribution >= 0.6 is 11.3 Å². The molecule has 2 heterocycles. The lowest BCUT2D eigenvalue weighted by molar-refractivity contribution is -0.127. The van der Waals surface area contributed by atoms with Crippen LogP contribution in [0.1, 0.15) is 42.9 Å². The summed E-state index contributed by atoms with van der Waals surface area (Å²) in [5.41, 5.74) is 4.07. The zero-order valence-electron chi connectivity index (χ0n) is 19.1. The van der Waals surface area contributed by atoms with Crippen molar-refractivity contribution in [3.63, 3.8) is 0 Å². The van der Waals surface area contributed by atoms with Crippen LogP contribution in [0.15, 0.2) is 65.4 Å². The fourth-order valence-electron chi connectivity index (χ4n) is 4.58. The number of hydrogen-bond donors (Lipinski definition) is 1. The number of anilines is 1. The first-order chi connectivity index (χ1) is 16.6. The fourth-order valence-corrected chi connectivity index (χ4v) is 5.26.